The number of aryl methyl sites for hydroxylation is 2. The Kier molecular flexibility index (Phi) is 6.79. The van der Waals surface area contributed by atoms with Gasteiger partial charge in [0.2, 0.25) is 0 Å². The van der Waals surface area contributed by atoms with Crippen LogP contribution in [0.2, 0.25) is 0 Å². The van der Waals surface area contributed by atoms with Crippen LogP contribution in [0.15, 0.2) is 51.7 Å². The topological polar surface area (TPSA) is 93.9 Å². The molecule has 180 valence electrons. The predicted octanol–water partition coefficient (Wildman–Crippen LogP) is 4.03. The number of benzene rings is 2. The highest BCUT2D eigenvalue weighted by molar-refractivity contribution is 7.91. The second kappa shape index (κ2) is 9.62. The Hall–Kier alpha value is -3.13. The molecule has 2 heterocycles. The Morgan fingerprint density at radius 1 is 1.15 bits per heavy atom. The third-order valence-corrected chi connectivity index (χ3v) is 8.04. The lowest BCUT2D eigenvalue weighted by molar-refractivity contribution is 0.0648. The Labute approximate surface area is 199 Å². The molecular formula is C26H29NO6S. The van der Waals surface area contributed by atoms with Crippen LogP contribution in [0.1, 0.15) is 47.0 Å². The third-order valence-electron chi connectivity index (χ3n) is 6.29. The maximum absolute atomic E-state index is 13.6. The van der Waals surface area contributed by atoms with Gasteiger partial charge in [-0.25, -0.2) is 8.42 Å². The molecule has 0 aliphatic carbocycles. The zero-order valence-corrected chi connectivity index (χ0v) is 20.5. The molecule has 0 spiro atoms. The van der Waals surface area contributed by atoms with Crippen LogP contribution >= 0.6 is 0 Å². The van der Waals surface area contributed by atoms with Gasteiger partial charge in [-0.2, -0.15) is 0 Å². The maximum Gasteiger partial charge on any atom is 0.290 e. The number of amides is 1. The van der Waals surface area contributed by atoms with Crippen molar-refractivity contribution in [3.63, 3.8) is 0 Å². The summed E-state index contributed by atoms with van der Waals surface area (Å²) < 4.78 is 35.9. The van der Waals surface area contributed by atoms with Crippen molar-refractivity contribution in [2.24, 2.45) is 0 Å². The summed E-state index contributed by atoms with van der Waals surface area (Å²) in [6.45, 7) is 6.60. The molecule has 1 fully saturated rings. The molecule has 2 aromatic carbocycles. The van der Waals surface area contributed by atoms with E-state index < -0.39 is 21.8 Å². The number of hydrogen-bond donors (Lipinski definition) is 0. The summed E-state index contributed by atoms with van der Waals surface area (Å²) in [5.41, 5.74) is 2.65. The van der Waals surface area contributed by atoms with Crippen molar-refractivity contribution < 1.29 is 22.4 Å². The minimum Gasteiger partial charge on any atom is -0.494 e. The Bertz CT molecular complexity index is 1370. The first kappa shape index (κ1) is 24.0. The molecule has 4 rings (SSSR count). The van der Waals surface area contributed by atoms with Gasteiger partial charge >= 0.3 is 0 Å². The van der Waals surface area contributed by atoms with E-state index in [4.69, 9.17) is 9.15 Å². The zero-order valence-electron chi connectivity index (χ0n) is 19.7. The first-order chi connectivity index (χ1) is 16.2. The second-order valence-electron chi connectivity index (χ2n) is 8.84. The van der Waals surface area contributed by atoms with Crippen molar-refractivity contribution in [2.75, 3.05) is 18.1 Å². The van der Waals surface area contributed by atoms with E-state index in [-0.39, 0.29) is 29.2 Å². The van der Waals surface area contributed by atoms with Gasteiger partial charge < -0.3 is 14.1 Å². The molecular weight excluding hydrogens is 454 g/mol. The standard InChI is InChI=1S/C26H29NO6S/c1-4-12-32-21-8-6-19(7-9-21)15-27(20-11-13-34(30,31)16-20)26(29)24-14-23(28)22-10-5-17(2)18(3)25(22)33-24/h5-10,14,20H,4,11-13,15-16H2,1-3H3/t20-/m1/s1. The minimum absolute atomic E-state index is 0.0330. The van der Waals surface area contributed by atoms with Crippen LogP contribution in [0.4, 0.5) is 0 Å². The van der Waals surface area contributed by atoms with Gasteiger partial charge in [-0.05, 0) is 61.6 Å². The number of hydrogen-bond acceptors (Lipinski definition) is 6. The summed E-state index contributed by atoms with van der Waals surface area (Å²) >= 11 is 0. The molecule has 1 aliphatic heterocycles. The van der Waals surface area contributed by atoms with E-state index >= 15 is 0 Å². The van der Waals surface area contributed by atoms with Crippen LogP contribution in [-0.2, 0) is 16.4 Å². The van der Waals surface area contributed by atoms with Crippen molar-refractivity contribution in [1.29, 1.82) is 0 Å². The van der Waals surface area contributed by atoms with Crippen LogP contribution in [0.5, 0.6) is 5.75 Å². The van der Waals surface area contributed by atoms with Crippen LogP contribution in [-0.4, -0.2) is 43.4 Å². The van der Waals surface area contributed by atoms with E-state index in [0.717, 1.165) is 28.9 Å². The van der Waals surface area contributed by atoms with E-state index in [1.807, 2.05) is 51.1 Å². The monoisotopic (exact) mass is 483 g/mol. The van der Waals surface area contributed by atoms with Gasteiger partial charge in [0.15, 0.2) is 21.0 Å². The van der Waals surface area contributed by atoms with Crippen LogP contribution in [0, 0.1) is 13.8 Å². The van der Waals surface area contributed by atoms with Crippen molar-refractivity contribution >= 4 is 26.7 Å². The first-order valence-electron chi connectivity index (χ1n) is 11.5. The average Bonchev–Trinajstić information content (AvgIpc) is 3.18. The molecule has 1 amide bonds. The summed E-state index contributed by atoms with van der Waals surface area (Å²) in [4.78, 5) is 27.9. The number of sulfone groups is 1. The van der Waals surface area contributed by atoms with Crippen molar-refractivity contribution in [1.82, 2.24) is 4.90 Å². The number of ether oxygens (including phenoxy) is 1. The largest absolute Gasteiger partial charge is 0.494 e. The molecule has 34 heavy (non-hydrogen) atoms. The molecule has 0 bridgehead atoms. The lowest BCUT2D eigenvalue weighted by Gasteiger charge is -2.28. The molecule has 0 N–H and O–H groups in total. The summed E-state index contributed by atoms with van der Waals surface area (Å²) in [5, 5.41) is 0.414. The quantitative estimate of drug-likeness (QED) is 0.504. The van der Waals surface area contributed by atoms with Gasteiger partial charge in [0.05, 0.1) is 23.5 Å². The molecule has 0 radical (unpaired) electrons. The fraction of sp³-hybridized carbons (Fsp3) is 0.385. The number of carbonyl (C=O) groups excluding carboxylic acids is 1. The molecule has 0 unspecified atom stereocenters. The van der Waals surface area contributed by atoms with Crippen LogP contribution in [0.25, 0.3) is 11.0 Å². The molecule has 8 heteroatoms. The van der Waals surface area contributed by atoms with Crippen LogP contribution in [0.3, 0.4) is 0 Å². The van der Waals surface area contributed by atoms with Gasteiger partial charge in [0, 0.05) is 18.7 Å². The third kappa shape index (κ3) is 5.01. The van der Waals surface area contributed by atoms with E-state index in [1.165, 1.54) is 11.0 Å². The van der Waals surface area contributed by atoms with E-state index in [1.54, 1.807) is 6.07 Å². The number of carbonyl (C=O) groups is 1. The molecule has 7 nitrogen and oxygen atoms in total. The highest BCUT2D eigenvalue weighted by atomic mass is 32.2. The summed E-state index contributed by atoms with van der Waals surface area (Å²) in [6.07, 6.45) is 1.25. The van der Waals surface area contributed by atoms with Crippen LogP contribution < -0.4 is 10.2 Å². The van der Waals surface area contributed by atoms with Crippen molar-refractivity contribution in [3.8, 4) is 5.75 Å². The highest BCUT2D eigenvalue weighted by Crippen LogP contribution is 2.25. The average molecular weight is 484 g/mol. The lowest BCUT2D eigenvalue weighted by atomic mass is 10.1. The minimum atomic E-state index is -3.23. The zero-order chi connectivity index (χ0) is 24.5. The number of nitrogens with zero attached hydrogens (tertiary/aromatic N) is 1. The molecule has 3 aromatic rings. The summed E-state index contributed by atoms with van der Waals surface area (Å²) in [6, 6.07) is 11.6. The van der Waals surface area contributed by atoms with Gasteiger partial charge in [-0.15, -0.1) is 0 Å². The first-order valence-corrected chi connectivity index (χ1v) is 13.3. The number of rotatable bonds is 7. The fourth-order valence-corrected chi connectivity index (χ4v) is 5.93. The maximum atomic E-state index is 13.6. The van der Waals surface area contributed by atoms with E-state index in [0.29, 0.717) is 24.0 Å². The van der Waals surface area contributed by atoms with Gasteiger partial charge in [0.1, 0.15) is 11.3 Å². The van der Waals surface area contributed by atoms with E-state index in [9.17, 15) is 18.0 Å². The molecule has 1 aliphatic rings. The van der Waals surface area contributed by atoms with Crippen molar-refractivity contribution in [3.05, 3.63) is 75.1 Å². The summed E-state index contributed by atoms with van der Waals surface area (Å²) in [5.74, 6) is 0.0856. The normalized spacial score (nSPS) is 17.1. The Morgan fingerprint density at radius 2 is 1.88 bits per heavy atom. The summed E-state index contributed by atoms with van der Waals surface area (Å²) in [7, 11) is -3.23. The van der Waals surface area contributed by atoms with Crippen molar-refractivity contribution in [2.45, 2.75) is 46.2 Å². The van der Waals surface area contributed by atoms with E-state index in [2.05, 4.69) is 0 Å². The molecule has 1 aromatic heterocycles. The molecule has 0 saturated carbocycles. The molecule has 1 atom stereocenters. The van der Waals surface area contributed by atoms with Gasteiger partial charge in [-0.1, -0.05) is 25.1 Å². The highest BCUT2D eigenvalue weighted by Gasteiger charge is 2.36. The second-order valence-corrected chi connectivity index (χ2v) is 11.1. The van der Waals surface area contributed by atoms with Gasteiger partial charge in [0.25, 0.3) is 5.91 Å². The smallest absolute Gasteiger partial charge is 0.290 e. The SMILES string of the molecule is CCCOc1ccc(CN(C(=O)c2cc(=O)c3ccc(C)c(C)c3o2)[C@@H]2CCS(=O)(=O)C2)cc1. The van der Waals surface area contributed by atoms with Gasteiger partial charge in [-0.3, -0.25) is 9.59 Å². The number of fused-ring (bicyclic) bond motifs is 1. The fourth-order valence-electron chi connectivity index (χ4n) is 4.19. The lowest BCUT2D eigenvalue weighted by Crippen LogP contribution is -2.40. The predicted molar refractivity (Wildman–Crippen MR) is 131 cm³/mol. The molecule has 1 saturated heterocycles. The Morgan fingerprint density at radius 3 is 2.53 bits per heavy atom. The Balaban J connectivity index is 1.70.